The van der Waals surface area contributed by atoms with Crippen LogP contribution in [0.3, 0.4) is 0 Å². The van der Waals surface area contributed by atoms with Crippen LogP contribution in [0.25, 0.3) is 0 Å². The minimum Gasteiger partial charge on any atom is -0.490 e. The van der Waals surface area contributed by atoms with E-state index in [4.69, 9.17) is 4.74 Å². The first-order chi connectivity index (χ1) is 15.5. The van der Waals surface area contributed by atoms with Crippen LogP contribution in [0.15, 0.2) is 59.6 Å². The van der Waals surface area contributed by atoms with Crippen LogP contribution >= 0.6 is 0 Å². The Morgan fingerprint density at radius 1 is 1.19 bits per heavy atom. The molecule has 0 spiro atoms. The first kappa shape index (κ1) is 20.5. The molecule has 9 nitrogen and oxygen atoms in total. The smallest absolute Gasteiger partial charge is 0.283 e. The van der Waals surface area contributed by atoms with E-state index in [0.29, 0.717) is 35.8 Å². The van der Waals surface area contributed by atoms with Gasteiger partial charge in [-0.05, 0) is 23.8 Å². The van der Waals surface area contributed by atoms with E-state index in [2.05, 4.69) is 10.4 Å². The van der Waals surface area contributed by atoms with Gasteiger partial charge >= 0.3 is 0 Å². The second-order valence-corrected chi connectivity index (χ2v) is 9.55. The van der Waals surface area contributed by atoms with Crippen molar-refractivity contribution < 1.29 is 23.1 Å². The molecule has 0 saturated carbocycles. The Kier molecular flexibility index (Phi) is 5.10. The van der Waals surface area contributed by atoms with E-state index in [-0.39, 0.29) is 30.5 Å². The number of ether oxygens (including phenoxy) is 1. The van der Waals surface area contributed by atoms with Gasteiger partial charge in [0.1, 0.15) is 12.4 Å². The lowest BCUT2D eigenvalue weighted by molar-refractivity contribution is -0.134. The summed E-state index contributed by atoms with van der Waals surface area (Å²) in [6, 6.07) is 13.8. The number of aliphatic hydroxyl groups excluding tert-OH is 1. The molecule has 0 unspecified atom stereocenters. The summed E-state index contributed by atoms with van der Waals surface area (Å²) in [4.78, 5) is 14.7. The number of carbonyl (C=O) groups is 1. The van der Waals surface area contributed by atoms with Crippen molar-refractivity contribution in [3.63, 3.8) is 0 Å². The van der Waals surface area contributed by atoms with E-state index in [1.54, 1.807) is 23.1 Å². The molecule has 166 valence electrons. The van der Waals surface area contributed by atoms with Crippen molar-refractivity contribution in [2.75, 3.05) is 25.1 Å². The first-order valence-corrected chi connectivity index (χ1v) is 11.7. The van der Waals surface area contributed by atoms with Crippen LogP contribution in [0.2, 0.25) is 0 Å². The summed E-state index contributed by atoms with van der Waals surface area (Å²) in [6.45, 7) is 1.27. The van der Waals surface area contributed by atoms with Gasteiger partial charge in [0.25, 0.3) is 10.0 Å². The molecule has 2 aliphatic rings. The Morgan fingerprint density at radius 2 is 2.00 bits per heavy atom. The Labute approximate surface area is 185 Å². The van der Waals surface area contributed by atoms with Gasteiger partial charge in [0.05, 0.1) is 35.3 Å². The third-order valence-electron chi connectivity index (χ3n) is 5.72. The number of fused-ring (bicyclic) bond motifs is 2. The molecular weight excluding hydrogens is 432 g/mol. The summed E-state index contributed by atoms with van der Waals surface area (Å²) in [5, 5.41) is 17.2. The van der Waals surface area contributed by atoms with Gasteiger partial charge in [-0.3, -0.25) is 4.79 Å². The van der Waals surface area contributed by atoms with Crippen molar-refractivity contribution in [3.05, 3.63) is 71.5 Å². The predicted octanol–water partition coefficient (Wildman–Crippen LogP) is 1.54. The summed E-state index contributed by atoms with van der Waals surface area (Å²) < 4.78 is 32.7. The molecule has 32 heavy (non-hydrogen) atoms. The van der Waals surface area contributed by atoms with Crippen molar-refractivity contribution >= 4 is 21.6 Å². The quantitative estimate of drug-likeness (QED) is 0.601. The Balaban J connectivity index is 1.36. The standard InChI is InChI=1S/C22H22N4O5S/c27-14-18(15-4-2-1-3-5-15)22(28)25-11-16-12-26(24-20(16)13-25)32(29,30)17-6-7-21-19(10-17)23-8-9-31-21/h1-7,10,12,18,23,27H,8-9,11,13-14H2/t18-/m1/s1. The highest BCUT2D eigenvalue weighted by Crippen LogP contribution is 2.32. The first-order valence-electron chi connectivity index (χ1n) is 10.3. The number of rotatable bonds is 5. The van der Waals surface area contributed by atoms with Gasteiger partial charge in [0, 0.05) is 24.8 Å². The maximum absolute atomic E-state index is 13.1. The molecule has 0 saturated heterocycles. The number of hydrogen-bond donors (Lipinski definition) is 2. The number of nitrogens with one attached hydrogen (secondary N) is 1. The fourth-order valence-corrected chi connectivity index (χ4v) is 5.22. The van der Waals surface area contributed by atoms with E-state index in [0.717, 1.165) is 9.65 Å². The van der Waals surface area contributed by atoms with Gasteiger partial charge in [0.2, 0.25) is 5.91 Å². The molecule has 5 rings (SSSR count). The van der Waals surface area contributed by atoms with Gasteiger partial charge < -0.3 is 20.1 Å². The summed E-state index contributed by atoms with van der Waals surface area (Å²) >= 11 is 0. The van der Waals surface area contributed by atoms with Gasteiger partial charge in [-0.25, -0.2) is 0 Å². The van der Waals surface area contributed by atoms with Crippen LogP contribution in [0.4, 0.5) is 5.69 Å². The SMILES string of the molecule is O=C([C@H](CO)c1ccccc1)N1Cc2cn(S(=O)(=O)c3ccc4c(c3)NCCO4)nc2C1. The zero-order valence-electron chi connectivity index (χ0n) is 17.1. The molecule has 3 heterocycles. The molecule has 2 N–H and O–H groups in total. The molecule has 3 aromatic rings. The minimum absolute atomic E-state index is 0.104. The molecule has 1 aromatic heterocycles. The third-order valence-corrected chi connectivity index (χ3v) is 7.25. The minimum atomic E-state index is -3.89. The number of benzene rings is 2. The molecule has 0 radical (unpaired) electrons. The van der Waals surface area contributed by atoms with Crippen LogP contribution < -0.4 is 10.1 Å². The Bertz CT molecular complexity index is 1250. The lowest BCUT2D eigenvalue weighted by Gasteiger charge is -2.22. The molecule has 0 fully saturated rings. The monoisotopic (exact) mass is 454 g/mol. The normalized spacial score (nSPS) is 16.0. The van der Waals surface area contributed by atoms with E-state index in [1.165, 1.54) is 18.3 Å². The zero-order chi connectivity index (χ0) is 22.3. The van der Waals surface area contributed by atoms with Crippen molar-refractivity contribution in [2.45, 2.75) is 23.9 Å². The maximum atomic E-state index is 13.1. The van der Waals surface area contributed by atoms with Gasteiger partial charge in [-0.15, -0.1) is 0 Å². The van der Waals surface area contributed by atoms with Gasteiger partial charge in [-0.2, -0.15) is 17.6 Å². The average Bonchev–Trinajstić information content (AvgIpc) is 3.40. The zero-order valence-corrected chi connectivity index (χ0v) is 18.0. The number of nitrogens with zero attached hydrogens (tertiary/aromatic N) is 3. The fraction of sp³-hybridized carbons (Fsp3) is 0.273. The molecule has 1 amide bonds. The number of anilines is 1. The highest BCUT2D eigenvalue weighted by Gasteiger charge is 2.33. The van der Waals surface area contributed by atoms with E-state index < -0.39 is 15.9 Å². The fourth-order valence-electron chi connectivity index (χ4n) is 4.03. The maximum Gasteiger partial charge on any atom is 0.283 e. The number of carbonyl (C=O) groups excluding carboxylic acids is 1. The second-order valence-electron chi connectivity index (χ2n) is 7.75. The predicted molar refractivity (Wildman–Crippen MR) is 116 cm³/mol. The Hall–Kier alpha value is -3.37. The third kappa shape index (κ3) is 3.51. The van der Waals surface area contributed by atoms with Crippen molar-refractivity contribution in [1.82, 2.24) is 14.1 Å². The molecule has 0 aliphatic carbocycles. The van der Waals surface area contributed by atoms with Crippen molar-refractivity contribution in [2.24, 2.45) is 0 Å². The lowest BCUT2D eigenvalue weighted by Crippen LogP contribution is -2.33. The number of hydrogen-bond acceptors (Lipinski definition) is 7. The largest absolute Gasteiger partial charge is 0.490 e. The molecule has 1 atom stereocenters. The topological polar surface area (TPSA) is 114 Å². The van der Waals surface area contributed by atoms with Crippen LogP contribution in [0, 0.1) is 0 Å². The van der Waals surface area contributed by atoms with Crippen LogP contribution in [-0.4, -0.2) is 53.3 Å². The molecule has 2 aliphatic heterocycles. The average molecular weight is 455 g/mol. The van der Waals surface area contributed by atoms with Crippen LogP contribution in [-0.2, 0) is 27.9 Å². The lowest BCUT2D eigenvalue weighted by atomic mass is 9.98. The Morgan fingerprint density at radius 3 is 2.75 bits per heavy atom. The highest BCUT2D eigenvalue weighted by molar-refractivity contribution is 7.89. The van der Waals surface area contributed by atoms with E-state index in [1.807, 2.05) is 18.2 Å². The van der Waals surface area contributed by atoms with Crippen molar-refractivity contribution in [3.8, 4) is 5.75 Å². The summed E-state index contributed by atoms with van der Waals surface area (Å²) in [5.41, 5.74) is 2.57. The molecular formula is C22H22N4O5S. The number of aromatic nitrogens is 2. The van der Waals surface area contributed by atoms with E-state index >= 15 is 0 Å². The molecule has 0 bridgehead atoms. The molecule has 2 aromatic carbocycles. The molecule has 10 heteroatoms. The number of aliphatic hydroxyl groups is 1. The second kappa shape index (κ2) is 7.95. The number of amides is 1. The van der Waals surface area contributed by atoms with Gasteiger partial charge in [0.15, 0.2) is 0 Å². The highest BCUT2D eigenvalue weighted by atomic mass is 32.2. The van der Waals surface area contributed by atoms with E-state index in [9.17, 15) is 18.3 Å². The van der Waals surface area contributed by atoms with Gasteiger partial charge in [-0.1, -0.05) is 30.3 Å². The van der Waals surface area contributed by atoms with Crippen molar-refractivity contribution in [1.29, 1.82) is 0 Å². The summed E-state index contributed by atoms with van der Waals surface area (Å²) in [5.74, 6) is -0.266. The van der Waals surface area contributed by atoms with Crippen LogP contribution in [0.5, 0.6) is 5.75 Å². The summed E-state index contributed by atoms with van der Waals surface area (Å²) in [6.07, 6.45) is 1.46. The summed E-state index contributed by atoms with van der Waals surface area (Å²) in [7, 11) is -3.89. The van der Waals surface area contributed by atoms with Crippen LogP contribution in [0.1, 0.15) is 22.7 Å².